The van der Waals surface area contributed by atoms with Crippen LogP contribution in [0.15, 0.2) is 0 Å². The number of nitrogens with zero attached hydrogens (tertiary/aromatic N) is 1. The van der Waals surface area contributed by atoms with Gasteiger partial charge in [-0.1, -0.05) is 13.8 Å². The van der Waals surface area contributed by atoms with E-state index in [0.717, 1.165) is 0 Å². The maximum Gasteiger partial charge on any atom is 0.307 e. The van der Waals surface area contributed by atoms with E-state index in [1.807, 2.05) is 46.6 Å². The largest absolute Gasteiger partial charge is 0.481 e. The van der Waals surface area contributed by atoms with Gasteiger partial charge in [0, 0.05) is 11.1 Å². The topological polar surface area (TPSA) is 49.8 Å². The number of hydrogen-bond donors (Lipinski definition) is 1. The Kier molecular flexibility index (Phi) is 3.61. The third-order valence-corrected chi connectivity index (χ3v) is 4.82. The van der Waals surface area contributed by atoms with E-state index in [4.69, 9.17) is 4.84 Å². The van der Waals surface area contributed by atoms with Crippen LogP contribution in [-0.2, 0) is 9.63 Å². The Bertz CT molecular complexity index is 290. The van der Waals surface area contributed by atoms with E-state index in [1.165, 1.54) is 0 Å². The van der Waals surface area contributed by atoms with Gasteiger partial charge in [0.25, 0.3) is 0 Å². The van der Waals surface area contributed by atoms with Crippen molar-refractivity contribution in [3.05, 3.63) is 0 Å². The molecule has 0 aromatic carbocycles. The lowest BCUT2D eigenvalue weighted by Gasteiger charge is -2.59. The molecule has 0 bridgehead atoms. The quantitative estimate of drug-likeness (QED) is 0.809. The van der Waals surface area contributed by atoms with Crippen molar-refractivity contribution in [2.24, 2.45) is 17.8 Å². The molecule has 0 amide bonds. The Morgan fingerprint density at radius 1 is 1.12 bits per heavy atom. The Hall–Kier alpha value is -0.610. The molecule has 1 heterocycles. The van der Waals surface area contributed by atoms with Crippen LogP contribution in [0.2, 0.25) is 0 Å². The SMILES string of the molecule is CON1C(C)(C)C(C)C(C(=O)O)C(C)C1(C)C. The fourth-order valence-electron chi connectivity index (χ4n) is 3.32. The summed E-state index contributed by atoms with van der Waals surface area (Å²) < 4.78 is 0. The van der Waals surface area contributed by atoms with E-state index < -0.39 is 5.97 Å². The summed E-state index contributed by atoms with van der Waals surface area (Å²) in [5.41, 5.74) is -0.596. The molecule has 2 atom stereocenters. The van der Waals surface area contributed by atoms with Gasteiger partial charge in [-0.05, 0) is 39.5 Å². The van der Waals surface area contributed by atoms with Crippen LogP contribution >= 0.6 is 0 Å². The standard InChI is InChI=1S/C13H25NO3/c1-8-10(11(15)16)9(2)13(5,6)14(17-7)12(8,3)4/h8-10H,1-7H3,(H,15,16). The van der Waals surface area contributed by atoms with Crippen molar-refractivity contribution >= 4 is 5.97 Å². The molecule has 0 aliphatic carbocycles. The molecule has 1 aliphatic rings. The molecule has 17 heavy (non-hydrogen) atoms. The van der Waals surface area contributed by atoms with E-state index in [9.17, 15) is 9.90 Å². The van der Waals surface area contributed by atoms with E-state index >= 15 is 0 Å². The molecule has 1 N–H and O–H groups in total. The Morgan fingerprint density at radius 2 is 1.47 bits per heavy atom. The lowest BCUT2D eigenvalue weighted by atomic mass is 9.62. The van der Waals surface area contributed by atoms with Gasteiger partial charge in [0.15, 0.2) is 0 Å². The van der Waals surface area contributed by atoms with Crippen molar-refractivity contribution in [3.8, 4) is 0 Å². The highest BCUT2D eigenvalue weighted by molar-refractivity contribution is 5.71. The average molecular weight is 243 g/mol. The maximum absolute atomic E-state index is 11.5. The minimum atomic E-state index is -0.707. The molecule has 0 aromatic rings. The summed E-state index contributed by atoms with van der Waals surface area (Å²) in [6, 6.07) is 0. The zero-order chi connectivity index (χ0) is 13.6. The van der Waals surface area contributed by atoms with E-state index in [2.05, 4.69) is 0 Å². The summed E-state index contributed by atoms with van der Waals surface area (Å²) >= 11 is 0. The normalized spacial score (nSPS) is 36.8. The summed E-state index contributed by atoms with van der Waals surface area (Å²) in [4.78, 5) is 17.0. The maximum atomic E-state index is 11.5. The first-order chi connectivity index (χ1) is 7.58. The molecule has 2 unspecified atom stereocenters. The van der Waals surface area contributed by atoms with E-state index in [0.29, 0.717) is 0 Å². The lowest BCUT2D eigenvalue weighted by Crippen LogP contribution is -2.68. The molecule has 1 aliphatic heterocycles. The van der Waals surface area contributed by atoms with Gasteiger partial charge in [0.05, 0.1) is 13.0 Å². The van der Waals surface area contributed by atoms with Gasteiger partial charge in [-0.2, -0.15) is 5.06 Å². The van der Waals surface area contributed by atoms with Crippen molar-refractivity contribution in [1.82, 2.24) is 5.06 Å². The highest BCUT2D eigenvalue weighted by Crippen LogP contribution is 2.48. The molecule has 1 saturated heterocycles. The monoisotopic (exact) mass is 243 g/mol. The fourth-order valence-corrected chi connectivity index (χ4v) is 3.32. The van der Waals surface area contributed by atoms with Crippen LogP contribution in [0, 0.1) is 17.8 Å². The first-order valence-electron chi connectivity index (χ1n) is 6.15. The van der Waals surface area contributed by atoms with Gasteiger partial charge in [-0.15, -0.1) is 0 Å². The van der Waals surface area contributed by atoms with Gasteiger partial charge in [0.2, 0.25) is 0 Å². The van der Waals surface area contributed by atoms with E-state index in [1.54, 1.807) is 7.11 Å². The summed E-state index contributed by atoms with van der Waals surface area (Å²) in [5, 5.41) is 11.4. The summed E-state index contributed by atoms with van der Waals surface area (Å²) in [6.45, 7) is 12.2. The number of carbonyl (C=O) groups is 1. The summed E-state index contributed by atoms with van der Waals surface area (Å²) in [5.74, 6) is -0.987. The van der Waals surface area contributed by atoms with Crippen LogP contribution in [0.3, 0.4) is 0 Å². The van der Waals surface area contributed by atoms with Crippen LogP contribution < -0.4 is 0 Å². The van der Waals surface area contributed by atoms with Crippen molar-refractivity contribution in [1.29, 1.82) is 0 Å². The molecule has 4 nitrogen and oxygen atoms in total. The molecule has 4 heteroatoms. The smallest absolute Gasteiger partial charge is 0.307 e. The molecule has 1 fully saturated rings. The number of hydrogen-bond acceptors (Lipinski definition) is 3. The molecule has 0 saturated carbocycles. The number of piperidine rings is 1. The van der Waals surface area contributed by atoms with Gasteiger partial charge >= 0.3 is 5.97 Å². The number of carboxylic acid groups (broad SMARTS) is 1. The molecule has 1 rings (SSSR count). The predicted molar refractivity (Wildman–Crippen MR) is 66.5 cm³/mol. The zero-order valence-electron chi connectivity index (χ0n) is 11.9. The summed E-state index contributed by atoms with van der Waals surface area (Å²) in [7, 11) is 1.66. The molecule has 0 spiro atoms. The fraction of sp³-hybridized carbons (Fsp3) is 0.923. The highest BCUT2D eigenvalue weighted by atomic mass is 16.7. The van der Waals surface area contributed by atoms with Crippen molar-refractivity contribution < 1.29 is 14.7 Å². The van der Waals surface area contributed by atoms with Crippen LogP contribution in [-0.4, -0.2) is 34.3 Å². The van der Waals surface area contributed by atoms with Crippen molar-refractivity contribution in [3.63, 3.8) is 0 Å². The van der Waals surface area contributed by atoms with E-state index in [-0.39, 0.29) is 28.8 Å². The third kappa shape index (κ3) is 1.97. The molecular weight excluding hydrogens is 218 g/mol. The van der Waals surface area contributed by atoms with Crippen molar-refractivity contribution in [2.75, 3.05) is 7.11 Å². The number of aliphatic carboxylic acids is 1. The summed E-state index contributed by atoms with van der Waals surface area (Å²) in [6.07, 6.45) is 0. The molecule has 100 valence electrons. The van der Waals surface area contributed by atoms with Crippen LogP contribution in [0.1, 0.15) is 41.5 Å². The predicted octanol–water partition coefficient (Wildman–Crippen LogP) is 2.39. The number of carboxylic acids is 1. The zero-order valence-corrected chi connectivity index (χ0v) is 11.9. The number of hydroxylamine groups is 2. The van der Waals surface area contributed by atoms with Crippen molar-refractivity contribution in [2.45, 2.75) is 52.6 Å². The average Bonchev–Trinajstić information content (AvgIpc) is 2.15. The third-order valence-electron chi connectivity index (χ3n) is 4.82. The minimum absolute atomic E-state index is 0.0305. The Morgan fingerprint density at radius 3 is 1.71 bits per heavy atom. The van der Waals surface area contributed by atoms with Crippen LogP contribution in [0.25, 0.3) is 0 Å². The second-order valence-electron chi connectivity index (χ2n) is 6.23. The second-order valence-corrected chi connectivity index (χ2v) is 6.23. The lowest BCUT2D eigenvalue weighted by molar-refractivity contribution is -0.301. The highest BCUT2D eigenvalue weighted by Gasteiger charge is 2.56. The van der Waals surface area contributed by atoms with Gasteiger partial charge in [-0.25, -0.2) is 0 Å². The van der Waals surface area contributed by atoms with Gasteiger partial charge in [-0.3, -0.25) is 4.79 Å². The Balaban J connectivity index is 3.26. The Labute approximate surface area is 104 Å². The molecular formula is C13H25NO3. The first-order valence-corrected chi connectivity index (χ1v) is 6.15. The van der Waals surface area contributed by atoms with Gasteiger partial charge < -0.3 is 9.94 Å². The van der Waals surface area contributed by atoms with Gasteiger partial charge in [0.1, 0.15) is 0 Å². The molecule has 0 aromatic heterocycles. The number of rotatable bonds is 2. The van der Waals surface area contributed by atoms with Crippen LogP contribution in [0.4, 0.5) is 0 Å². The van der Waals surface area contributed by atoms with Crippen LogP contribution in [0.5, 0.6) is 0 Å². The second kappa shape index (κ2) is 4.25. The molecule has 0 radical (unpaired) electrons. The minimum Gasteiger partial charge on any atom is -0.481 e. The first kappa shape index (κ1) is 14.5.